The predicted molar refractivity (Wildman–Crippen MR) is 137 cm³/mol. The number of nitrogens with zero attached hydrogens (tertiary/aromatic N) is 4. The third-order valence-electron chi connectivity index (χ3n) is 6.02. The molecule has 0 atom stereocenters. The van der Waals surface area contributed by atoms with Crippen LogP contribution in [0.4, 0.5) is 5.82 Å². The summed E-state index contributed by atoms with van der Waals surface area (Å²) in [6.07, 6.45) is 2.31. The number of aromatic nitrogens is 2. The SMILES string of the molecule is CCOc1ccc(CCNC(=O)c2sc3ncnc(N4CCN(C)CC4)c3c2C)cc1OCC. The quantitative estimate of drug-likeness (QED) is 0.499. The molecule has 0 radical (unpaired) electrons. The van der Waals surface area contributed by atoms with E-state index in [4.69, 9.17) is 9.47 Å². The van der Waals surface area contributed by atoms with Crippen LogP contribution in [0.15, 0.2) is 24.5 Å². The van der Waals surface area contributed by atoms with Gasteiger partial charge in [0.15, 0.2) is 11.5 Å². The highest BCUT2D eigenvalue weighted by atomic mass is 32.1. The maximum absolute atomic E-state index is 13.1. The fraction of sp³-hybridized carbons (Fsp3) is 0.480. The predicted octanol–water partition coefficient (Wildman–Crippen LogP) is 3.52. The van der Waals surface area contributed by atoms with Gasteiger partial charge in [0.2, 0.25) is 0 Å². The van der Waals surface area contributed by atoms with E-state index in [1.807, 2.05) is 39.0 Å². The lowest BCUT2D eigenvalue weighted by molar-refractivity contribution is 0.0957. The number of hydrogen-bond donors (Lipinski definition) is 1. The number of aryl methyl sites for hydroxylation is 1. The average Bonchev–Trinajstić information content (AvgIpc) is 3.18. The molecule has 1 N–H and O–H groups in total. The van der Waals surface area contributed by atoms with Crippen LogP contribution in [0.3, 0.4) is 0 Å². The van der Waals surface area contributed by atoms with Crippen molar-refractivity contribution < 1.29 is 14.3 Å². The summed E-state index contributed by atoms with van der Waals surface area (Å²) in [4.78, 5) is 28.3. The molecule has 0 saturated carbocycles. The van der Waals surface area contributed by atoms with E-state index in [9.17, 15) is 4.79 Å². The van der Waals surface area contributed by atoms with Gasteiger partial charge >= 0.3 is 0 Å². The highest BCUT2D eigenvalue weighted by molar-refractivity contribution is 7.20. The van der Waals surface area contributed by atoms with Gasteiger partial charge in [-0.3, -0.25) is 4.79 Å². The van der Waals surface area contributed by atoms with Gasteiger partial charge in [-0.15, -0.1) is 11.3 Å². The second kappa shape index (κ2) is 11.0. The van der Waals surface area contributed by atoms with E-state index >= 15 is 0 Å². The Balaban J connectivity index is 1.45. The Hall–Kier alpha value is -2.91. The van der Waals surface area contributed by atoms with Crippen molar-refractivity contribution in [3.63, 3.8) is 0 Å². The number of amides is 1. The highest BCUT2D eigenvalue weighted by Crippen LogP contribution is 2.35. The number of thiophene rings is 1. The van der Waals surface area contributed by atoms with Crippen molar-refractivity contribution >= 4 is 33.3 Å². The van der Waals surface area contributed by atoms with E-state index in [-0.39, 0.29) is 5.91 Å². The fourth-order valence-electron chi connectivity index (χ4n) is 4.18. The lowest BCUT2D eigenvalue weighted by Crippen LogP contribution is -2.44. The van der Waals surface area contributed by atoms with E-state index in [0.29, 0.717) is 31.1 Å². The van der Waals surface area contributed by atoms with E-state index in [2.05, 4.69) is 32.1 Å². The normalized spacial score (nSPS) is 14.4. The Labute approximate surface area is 204 Å². The molecular weight excluding hydrogens is 450 g/mol. The molecule has 34 heavy (non-hydrogen) atoms. The molecule has 0 bridgehead atoms. The lowest BCUT2D eigenvalue weighted by atomic mass is 10.1. The number of fused-ring (bicyclic) bond motifs is 1. The van der Waals surface area contributed by atoms with E-state index in [1.165, 1.54) is 11.3 Å². The number of piperazine rings is 1. The summed E-state index contributed by atoms with van der Waals surface area (Å²) in [5, 5.41) is 4.07. The van der Waals surface area contributed by atoms with E-state index in [1.54, 1.807) is 6.33 Å². The van der Waals surface area contributed by atoms with Crippen LogP contribution >= 0.6 is 11.3 Å². The maximum Gasteiger partial charge on any atom is 0.261 e. The van der Waals surface area contributed by atoms with Crippen molar-refractivity contribution in [2.45, 2.75) is 27.2 Å². The second-order valence-corrected chi connectivity index (χ2v) is 9.38. The zero-order valence-corrected chi connectivity index (χ0v) is 21.2. The third kappa shape index (κ3) is 5.26. The first-order valence-corrected chi connectivity index (χ1v) is 12.7. The first-order chi connectivity index (χ1) is 16.5. The Morgan fingerprint density at radius 3 is 2.56 bits per heavy atom. The molecular formula is C25H33N5O3S. The molecule has 1 aliphatic rings. The maximum atomic E-state index is 13.1. The monoisotopic (exact) mass is 483 g/mol. The second-order valence-electron chi connectivity index (χ2n) is 8.38. The fourth-order valence-corrected chi connectivity index (χ4v) is 5.24. The molecule has 0 unspecified atom stereocenters. The number of likely N-dealkylation sites (N-methyl/N-ethyl adjacent to an activating group) is 1. The van der Waals surface area contributed by atoms with Crippen LogP contribution in [-0.2, 0) is 6.42 Å². The van der Waals surface area contributed by atoms with Crippen LogP contribution < -0.4 is 19.7 Å². The minimum absolute atomic E-state index is 0.0687. The molecule has 182 valence electrons. The Kier molecular flexibility index (Phi) is 7.84. The first-order valence-electron chi connectivity index (χ1n) is 11.9. The first kappa shape index (κ1) is 24.2. The summed E-state index contributed by atoms with van der Waals surface area (Å²) in [6, 6.07) is 5.94. The smallest absolute Gasteiger partial charge is 0.261 e. The van der Waals surface area contributed by atoms with Crippen molar-refractivity contribution in [1.29, 1.82) is 0 Å². The van der Waals surface area contributed by atoms with Gasteiger partial charge in [0.05, 0.1) is 23.5 Å². The summed E-state index contributed by atoms with van der Waals surface area (Å²) in [5.41, 5.74) is 2.04. The van der Waals surface area contributed by atoms with Crippen LogP contribution in [0.2, 0.25) is 0 Å². The number of anilines is 1. The number of nitrogens with one attached hydrogen (secondary N) is 1. The third-order valence-corrected chi connectivity index (χ3v) is 7.22. The molecule has 2 aromatic heterocycles. The number of rotatable bonds is 9. The molecule has 0 aliphatic carbocycles. The Morgan fingerprint density at radius 1 is 1.09 bits per heavy atom. The molecule has 3 aromatic rings. The van der Waals surface area contributed by atoms with Crippen LogP contribution in [0, 0.1) is 6.92 Å². The molecule has 8 nitrogen and oxygen atoms in total. The Bertz CT molecular complexity index is 1140. The summed E-state index contributed by atoms with van der Waals surface area (Å²) < 4.78 is 11.3. The van der Waals surface area contributed by atoms with Crippen molar-refractivity contribution in [2.75, 3.05) is 57.9 Å². The molecule has 3 heterocycles. The molecule has 1 amide bonds. The van der Waals surface area contributed by atoms with Crippen molar-refractivity contribution in [3.05, 3.63) is 40.5 Å². The van der Waals surface area contributed by atoms with Gasteiger partial charge in [-0.25, -0.2) is 9.97 Å². The van der Waals surface area contributed by atoms with Gasteiger partial charge in [-0.2, -0.15) is 0 Å². The number of hydrogen-bond acceptors (Lipinski definition) is 8. The molecule has 0 spiro atoms. The van der Waals surface area contributed by atoms with Gasteiger partial charge in [0.25, 0.3) is 5.91 Å². The van der Waals surface area contributed by atoms with E-state index in [0.717, 1.165) is 64.8 Å². The zero-order chi connectivity index (χ0) is 24.1. The number of benzene rings is 1. The van der Waals surface area contributed by atoms with Gasteiger partial charge in [-0.1, -0.05) is 6.07 Å². The average molecular weight is 484 g/mol. The molecule has 4 rings (SSSR count). The summed E-state index contributed by atoms with van der Waals surface area (Å²) >= 11 is 1.44. The topological polar surface area (TPSA) is 79.8 Å². The van der Waals surface area contributed by atoms with Crippen LogP contribution in [-0.4, -0.2) is 73.8 Å². The highest BCUT2D eigenvalue weighted by Gasteiger charge is 2.23. The lowest BCUT2D eigenvalue weighted by Gasteiger charge is -2.33. The van der Waals surface area contributed by atoms with Crippen molar-refractivity contribution in [1.82, 2.24) is 20.2 Å². The molecule has 1 saturated heterocycles. The number of carbonyl (C=O) groups excluding carboxylic acids is 1. The molecule has 9 heteroatoms. The van der Waals surface area contributed by atoms with Crippen LogP contribution in [0.25, 0.3) is 10.2 Å². The minimum atomic E-state index is -0.0687. The summed E-state index contributed by atoms with van der Waals surface area (Å²) in [5.74, 6) is 2.35. The van der Waals surface area contributed by atoms with Crippen LogP contribution in [0.5, 0.6) is 11.5 Å². The molecule has 1 aliphatic heterocycles. The van der Waals surface area contributed by atoms with E-state index < -0.39 is 0 Å². The van der Waals surface area contributed by atoms with Crippen molar-refractivity contribution in [3.8, 4) is 11.5 Å². The summed E-state index contributed by atoms with van der Waals surface area (Å²) in [6.45, 7) is 11.4. The van der Waals surface area contributed by atoms with Gasteiger partial charge in [0, 0.05) is 32.7 Å². The van der Waals surface area contributed by atoms with Gasteiger partial charge < -0.3 is 24.6 Å². The number of ether oxygens (including phenoxy) is 2. The van der Waals surface area contributed by atoms with Crippen LogP contribution in [0.1, 0.15) is 34.6 Å². The molecule has 1 fully saturated rings. The summed E-state index contributed by atoms with van der Waals surface area (Å²) in [7, 11) is 2.14. The van der Waals surface area contributed by atoms with Crippen molar-refractivity contribution in [2.24, 2.45) is 0 Å². The minimum Gasteiger partial charge on any atom is -0.490 e. The van der Waals surface area contributed by atoms with Gasteiger partial charge in [0.1, 0.15) is 17.0 Å². The molecule has 1 aromatic carbocycles. The van der Waals surface area contributed by atoms with Gasteiger partial charge in [-0.05, 0) is 57.5 Å². The standard InChI is InChI=1S/C25H33N5O3S/c1-5-32-19-8-7-18(15-20(19)33-6-2)9-10-26-24(31)22-17(3)21-23(27-16-28-25(21)34-22)30-13-11-29(4)12-14-30/h7-8,15-16H,5-6,9-14H2,1-4H3,(H,26,31). The zero-order valence-electron chi connectivity index (χ0n) is 20.4. The Morgan fingerprint density at radius 2 is 1.82 bits per heavy atom. The largest absolute Gasteiger partial charge is 0.490 e. The number of carbonyl (C=O) groups is 1.